The van der Waals surface area contributed by atoms with Crippen LogP contribution in [0.4, 0.5) is 11.4 Å². The molecule has 2 heteroatoms. The van der Waals surface area contributed by atoms with Crippen LogP contribution in [-0.2, 0) is 6.42 Å². The zero-order valence-corrected chi connectivity index (χ0v) is 8.43. The monoisotopic (exact) mass is 178 g/mol. The Kier molecular flexibility index (Phi) is 3.62. The van der Waals surface area contributed by atoms with Gasteiger partial charge in [0.05, 0.1) is 0 Å². The molecular formula is C11H18N2. The maximum absolute atomic E-state index is 5.70. The van der Waals surface area contributed by atoms with E-state index in [4.69, 9.17) is 5.73 Å². The van der Waals surface area contributed by atoms with E-state index < -0.39 is 0 Å². The Morgan fingerprint density at radius 2 is 2.08 bits per heavy atom. The van der Waals surface area contributed by atoms with Gasteiger partial charge in [-0.25, -0.2) is 0 Å². The van der Waals surface area contributed by atoms with Gasteiger partial charge < -0.3 is 11.1 Å². The van der Waals surface area contributed by atoms with Crippen LogP contribution in [0.5, 0.6) is 0 Å². The molecule has 0 aliphatic carbocycles. The Hall–Kier alpha value is -1.18. The summed E-state index contributed by atoms with van der Waals surface area (Å²) in [6.07, 6.45) is 2.17. The summed E-state index contributed by atoms with van der Waals surface area (Å²) in [4.78, 5) is 0. The van der Waals surface area contributed by atoms with E-state index in [-0.39, 0.29) is 0 Å². The van der Waals surface area contributed by atoms with Gasteiger partial charge in [0.25, 0.3) is 0 Å². The number of nitrogens with one attached hydrogen (secondary N) is 1. The van der Waals surface area contributed by atoms with Crippen LogP contribution in [0.1, 0.15) is 25.8 Å². The Labute approximate surface area is 80.1 Å². The third-order valence-corrected chi connectivity index (χ3v) is 2.08. The zero-order valence-electron chi connectivity index (χ0n) is 8.43. The summed E-state index contributed by atoms with van der Waals surface area (Å²) < 4.78 is 0. The number of hydrogen-bond acceptors (Lipinski definition) is 2. The van der Waals surface area contributed by atoms with Crippen LogP contribution in [0.25, 0.3) is 0 Å². The molecule has 0 bridgehead atoms. The number of rotatable bonds is 4. The van der Waals surface area contributed by atoms with Crippen molar-refractivity contribution in [3.63, 3.8) is 0 Å². The molecule has 0 unspecified atom stereocenters. The Bertz CT molecular complexity index is 269. The molecule has 72 valence electrons. The molecule has 1 aromatic rings. The van der Waals surface area contributed by atoms with Gasteiger partial charge in [0.1, 0.15) is 0 Å². The molecule has 0 saturated heterocycles. The Morgan fingerprint density at radius 3 is 2.69 bits per heavy atom. The minimum absolute atomic E-state index is 0.846. The van der Waals surface area contributed by atoms with Crippen LogP contribution < -0.4 is 11.1 Å². The molecule has 2 nitrogen and oxygen atoms in total. The van der Waals surface area contributed by atoms with Gasteiger partial charge in [0.15, 0.2) is 0 Å². The van der Waals surface area contributed by atoms with E-state index >= 15 is 0 Å². The molecular weight excluding hydrogens is 160 g/mol. The number of anilines is 2. The largest absolute Gasteiger partial charge is 0.399 e. The second kappa shape index (κ2) is 4.75. The summed E-state index contributed by atoms with van der Waals surface area (Å²) in [5.41, 5.74) is 9.07. The van der Waals surface area contributed by atoms with E-state index in [1.165, 1.54) is 11.3 Å². The molecule has 0 aromatic heterocycles. The summed E-state index contributed by atoms with van der Waals surface area (Å²) >= 11 is 0. The van der Waals surface area contributed by atoms with Crippen LogP contribution in [0, 0.1) is 0 Å². The maximum atomic E-state index is 5.70. The highest BCUT2D eigenvalue weighted by atomic mass is 14.9. The molecule has 0 radical (unpaired) electrons. The highest BCUT2D eigenvalue weighted by Gasteiger charge is 1.99. The molecule has 0 aliphatic rings. The third-order valence-electron chi connectivity index (χ3n) is 2.08. The van der Waals surface area contributed by atoms with Crippen molar-refractivity contribution in [2.75, 3.05) is 17.6 Å². The van der Waals surface area contributed by atoms with Gasteiger partial charge in [-0.3, -0.25) is 0 Å². The first-order valence-corrected chi connectivity index (χ1v) is 4.90. The first-order chi connectivity index (χ1) is 6.27. The van der Waals surface area contributed by atoms with E-state index in [1.54, 1.807) is 0 Å². The molecule has 0 spiro atoms. The first-order valence-electron chi connectivity index (χ1n) is 4.90. The lowest BCUT2D eigenvalue weighted by Gasteiger charge is -2.10. The van der Waals surface area contributed by atoms with E-state index in [1.807, 2.05) is 12.1 Å². The van der Waals surface area contributed by atoms with E-state index in [0.717, 1.165) is 25.1 Å². The van der Waals surface area contributed by atoms with Gasteiger partial charge in [0.2, 0.25) is 0 Å². The molecule has 0 aliphatic heterocycles. The van der Waals surface area contributed by atoms with Crippen LogP contribution in [-0.4, -0.2) is 6.54 Å². The quantitative estimate of drug-likeness (QED) is 0.696. The van der Waals surface area contributed by atoms with Crippen molar-refractivity contribution < 1.29 is 0 Å². The van der Waals surface area contributed by atoms with Gasteiger partial charge in [-0.1, -0.05) is 13.8 Å². The number of nitrogen functional groups attached to an aromatic ring is 1. The van der Waals surface area contributed by atoms with Gasteiger partial charge in [-0.15, -0.1) is 0 Å². The fourth-order valence-corrected chi connectivity index (χ4v) is 1.34. The average molecular weight is 178 g/mol. The molecule has 0 fully saturated rings. The normalized spacial score (nSPS) is 10.0. The number of aryl methyl sites for hydroxylation is 1. The van der Waals surface area contributed by atoms with E-state index in [0.29, 0.717) is 0 Å². The molecule has 1 rings (SSSR count). The lowest BCUT2D eigenvalue weighted by Crippen LogP contribution is -2.03. The van der Waals surface area contributed by atoms with E-state index in [9.17, 15) is 0 Å². The first kappa shape index (κ1) is 9.90. The van der Waals surface area contributed by atoms with Gasteiger partial charge in [0, 0.05) is 17.9 Å². The predicted octanol–water partition coefficient (Wildman–Crippen LogP) is 2.65. The predicted molar refractivity (Wildman–Crippen MR) is 59.0 cm³/mol. The lowest BCUT2D eigenvalue weighted by molar-refractivity contribution is 0.972. The van der Waals surface area contributed by atoms with Crippen molar-refractivity contribution in [2.45, 2.75) is 26.7 Å². The average Bonchev–Trinajstić information content (AvgIpc) is 2.16. The van der Waals surface area contributed by atoms with Crippen molar-refractivity contribution in [2.24, 2.45) is 0 Å². The van der Waals surface area contributed by atoms with Crippen LogP contribution in [0.2, 0.25) is 0 Å². The van der Waals surface area contributed by atoms with Crippen molar-refractivity contribution in [1.29, 1.82) is 0 Å². The standard InChI is InChI=1S/C11H18N2/c1-3-7-13-11-6-5-10(12)8-9(11)4-2/h5-6,8,13H,3-4,7,12H2,1-2H3. The smallest absolute Gasteiger partial charge is 0.0374 e. The number of benzene rings is 1. The van der Waals surface area contributed by atoms with Crippen molar-refractivity contribution in [1.82, 2.24) is 0 Å². The second-order valence-corrected chi connectivity index (χ2v) is 3.20. The van der Waals surface area contributed by atoms with Crippen molar-refractivity contribution in [3.05, 3.63) is 23.8 Å². The third kappa shape index (κ3) is 2.65. The molecule has 0 atom stereocenters. The molecule has 0 saturated carbocycles. The summed E-state index contributed by atoms with van der Waals surface area (Å²) in [6, 6.07) is 6.04. The number of hydrogen-bond donors (Lipinski definition) is 2. The fourth-order valence-electron chi connectivity index (χ4n) is 1.34. The summed E-state index contributed by atoms with van der Waals surface area (Å²) in [5, 5.41) is 3.39. The summed E-state index contributed by atoms with van der Waals surface area (Å²) in [5.74, 6) is 0. The van der Waals surface area contributed by atoms with E-state index in [2.05, 4.69) is 25.2 Å². The highest BCUT2D eigenvalue weighted by molar-refractivity contribution is 5.58. The van der Waals surface area contributed by atoms with Crippen LogP contribution in [0.3, 0.4) is 0 Å². The summed E-state index contributed by atoms with van der Waals surface area (Å²) in [7, 11) is 0. The molecule has 0 heterocycles. The van der Waals surface area contributed by atoms with Crippen molar-refractivity contribution >= 4 is 11.4 Å². The SMILES string of the molecule is CCCNc1ccc(N)cc1CC. The van der Waals surface area contributed by atoms with Crippen LogP contribution in [0.15, 0.2) is 18.2 Å². The molecule has 13 heavy (non-hydrogen) atoms. The second-order valence-electron chi connectivity index (χ2n) is 3.20. The van der Waals surface area contributed by atoms with Crippen molar-refractivity contribution in [3.8, 4) is 0 Å². The minimum Gasteiger partial charge on any atom is -0.399 e. The Morgan fingerprint density at radius 1 is 1.31 bits per heavy atom. The van der Waals surface area contributed by atoms with Gasteiger partial charge in [-0.05, 0) is 36.6 Å². The minimum atomic E-state index is 0.846. The van der Waals surface area contributed by atoms with Crippen LogP contribution >= 0.6 is 0 Å². The Balaban J connectivity index is 2.79. The van der Waals surface area contributed by atoms with Gasteiger partial charge in [-0.2, -0.15) is 0 Å². The highest BCUT2D eigenvalue weighted by Crippen LogP contribution is 2.19. The maximum Gasteiger partial charge on any atom is 0.0374 e. The summed E-state index contributed by atoms with van der Waals surface area (Å²) in [6.45, 7) is 5.33. The molecule has 3 N–H and O–H groups in total. The molecule has 1 aromatic carbocycles. The zero-order chi connectivity index (χ0) is 9.68. The lowest BCUT2D eigenvalue weighted by atomic mass is 10.1. The topological polar surface area (TPSA) is 38.0 Å². The fraction of sp³-hybridized carbons (Fsp3) is 0.455. The van der Waals surface area contributed by atoms with Gasteiger partial charge >= 0.3 is 0 Å². The number of nitrogens with two attached hydrogens (primary N) is 1. The molecule has 0 amide bonds.